The van der Waals surface area contributed by atoms with Gasteiger partial charge in [0, 0.05) is 37.3 Å². The van der Waals surface area contributed by atoms with Gasteiger partial charge in [-0.05, 0) is 37.1 Å². The van der Waals surface area contributed by atoms with Crippen molar-refractivity contribution in [1.82, 2.24) is 9.88 Å². The molecule has 1 amide bonds. The predicted octanol–water partition coefficient (Wildman–Crippen LogP) is 3.07. The maximum Gasteiger partial charge on any atom is 0.258 e. The Morgan fingerprint density at radius 2 is 1.78 bits per heavy atom. The van der Waals surface area contributed by atoms with Gasteiger partial charge >= 0.3 is 0 Å². The Hall–Kier alpha value is -2.76. The van der Waals surface area contributed by atoms with Gasteiger partial charge in [0.25, 0.3) is 5.91 Å². The first kappa shape index (κ1) is 16.4. The minimum atomic E-state index is 0.0483. The summed E-state index contributed by atoms with van der Waals surface area (Å²) in [5.74, 6) is 2.14. The van der Waals surface area contributed by atoms with Crippen molar-refractivity contribution in [2.45, 2.75) is 43.9 Å². The second-order valence-electron chi connectivity index (χ2n) is 7.32. The van der Waals surface area contributed by atoms with Crippen molar-refractivity contribution in [3.63, 3.8) is 0 Å². The molecule has 2 unspecified atom stereocenters. The monoisotopic (exact) mass is 366 g/mol. The first-order valence-electron chi connectivity index (χ1n) is 9.57. The van der Waals surface area contributed by atoms with E-state index in [-0.39, 0.29) is 24.1 Å². The van der Waals surface area contributed by atoms with Crippen LogP contribution in [0.3, 0.4) is 0 Å². The highest BCUT2D eigenvalue weighted by Crippen LogP contribution is 2.41. The number of amides is 1. The molecular formula is C21H22N2O4. The number of carbonyl (C=O) groups excluding carboxylic acids is 1. The number of nitrogens with zero attached hydrogens (tertiary/aromatic N) is 2. The van der Waals surface area contributed by atoms with Gasteiger partial charge in [0.15, 0.2) is 11.5 Å². The number of aromatic nitrogens is 1. The van der Waals surface area contributed by atoms with Crippen molar-refractivity contribution in [2.75, 3.05) is 13.2 Å². The van der Waals surface area contributed by atoms with Gasteiger partial charge in [0.05, 0.1) is 5.56 Å². The normalized spacial score (nSPS) is 25.9. The molecular weight excluding hydrogens is 344 g/mol. The minimum absolute atomic E-state index is 0.0483. The number of hydrogen-bond acceptors (Lipinski definition) is 5. The molecule has 1 aromatic heterocycles. The first-order chi connectivity index (χ1) is 13.3. The maximum absolute atomic E-state index is 13.3. The van der Waals surface area contributed by atoms with E-state index in [2.05, 4.69) is 9.88 Å². The van der Waals surface area contributed by atoms with Gasteiger partial charge in [-0.2, -0.15) is 0 Å². The fraction of sp³-hybridized carbons (Fsp3) is 0.429. The molecule has 27 heavy (non-hydrogen) atoms. The van der Waals surface area contributed by atoms with E-state index >= 15 is 0 Å². The number of para-hydroxylation sites is 1. The van der Waals surface area contributed by atoms with Crippen LogP contribution in [0.4, 0.5) is 0 Å². The Bertz CT molecular complexity index is 827. The molecule has 3 aliphatic rings. The zero-order chi connectivity index (χ0) is 18.2. The number of piperidine rings is 1. The molecule has 3 aliphatic heterocycles. The van der Waals surface area contributed by atoms with Crippen molar-refractivity contribution < 1.29 is 19.0 Å². The van der Waals surface area contributed by atoms with Crippen LogP contribution in [0.1, 0.15) is 36.0 Å². The third-order valence-electron chi connectivity index (χ3n) is 5.67. The summed E-state index contributed by atoms with van der Waals surface area (Å²) in [6.45, 7) is 1.000. The largest absolute Gasteiger partial charge is 0.490 e. The Kier molecular flexibility index (Phi) is 4.11. The molecule has 1 aromatic carbocycles. The van der Waals surface area contributed by atoms with E-state index in [9.17, 15) is 4.79 Å². The summed E-state index contributed by atoms with van der Waals surface area (Å²) in [7, 11) is 0. The average Bonchev–Trinajstić information content (AvgIpc) is 2.98. The lowest BCUT2D eigenvalue weighted by Gasteiger charge is -2.39. The van der Waals surface area contributed by atoms with Crippen LogP contribution in [0.2, 0.25) is 0 Å². The standard InChI is InChI=1S/C21H22N2O4/c24-21(18-2-1-3-19-20(18)26-11-10-25-19)23-14-4-5-15(23)13-17(12-14)27-16-6-8-22-9-7-16/h1-3,6-9,14-15,17H,4-5,10-13H2. The second-order valence-corrected chi connectivity index (χ2v) is 7.32. The smallest absolute Gasteiger partial charge is 0.258 e. The predicted molar refractivity (Wildman–Crippen MR) is 98.3 cm³/mol. The van der Waals surface area contributed by atoms with Crippen LogP contribution in [0.5, 0.6) is 17.2 Å². The van der Waals surface area contributed by atoms with E-state index in [1.54, 1.807) is 12.4 Å². The van der Waals surface area contributed by atoms with Crippen LogP contribution in [-0.2, 0) is 0 Å². The van der Waals surface area contributed by atoms with E-state index < -0.39 is 0 Å². The van der Waals surface area contributed by atoms with Gasteiger partial charge in [-0.25, -0.2) is 0 Å². The van der Waals surface area contributed by atoms with Gasteiger partial charge in [-0.15, -0.1) is 0 Å². The third-order valence-corrected chi connectivity index (χ3v) is 5.67. The zero-order valence-corrected chi connectivity index (χ0v) is 15.0. The molecule has 5 rings (SSSR count). The van der Waals surface area contributed by atoms with Gasteiger partial charge in [-0.3, -0.25) is 9.78 Å². The number of pyridine rings is 1. The number of ether oxygens (including phenoxy) is 3. The Morgan fingerprint density at radius 1 is 1.04 bits per heavy atom. The summed E-state index contributed by atoms with van der Waals surface area (Å²) in [4.78, 5) is 19.4. The van der Waals surface area contributed by atoms with Gasteiger partial charge in [-0.1, -0.05) is 6.07 Å². The topological polar surface area (TPSA) is 60.9 Å². The number of rotatable bonds is 3. The molecule has 6 heteroatoms. The molecule has 2 saturated heterocycles. The van der Waals surface area contributed by atoms with Gasteiger partial charge in [0.1, 0.15) is 25.1 Å². The van der Waals surface area contributed by atoms with Gasteiger partial charge < -0.3 is 19.1 Å². The maximum atomic E-state index is 13.3. The zero-order valence-electron chi connectivity index (χ0n) is 15.0. The quantitative estimate of drug-likeness (QED) is 0.835. The van der Waals surface area contributed by atoms with Crippen LogP contribution in [0, 0.1) is 0 Å². The highest BCUT2D eigenvalue weighted by atomic mass is 16.6. The van der Waals surface area contributed by atoms with Crippen molar-refractivity contribution in [2.24, 2.45) is 0 Å². The number of benzene rings is 1. The molecule has 0 radical (unpaired) electrons. The molecule has 0 aliphatic carbocycles. The summed E-state index contributed by atoms with van der Waals surface area (Å²) in [6.07, 6.45) is 7.39. The van der Waals surface area contributed by atoms with E-state index in [0.717, 1.165) is 31.4 Å². The lowest BCUT2D eigenvalue weighted by Crippen LogP contribution is -2.49. The average molecular weight is 366 g/mol. The highest BCUT2D eigenvalue weighted by molar-refractivity contribution is 5.98. The molecule has 0 N–H and O–H groups in total. The van der Waals surface area contributed by atoms with Crippen molar-refractivity contribution >= 4 is 5.91 Å². The Balaban J connectivity index is 1.35. The van der Waals surface area contributed by atoms with Crippen LogP contribution >= 0.6 is 0 Å². The Morgan fingerprint density at radius 3 is 2.56 bits per heavy atom. The molecule has 0 saturated carbocycles. The second kappa shape index (κ2) is 6.76. The van der Waals surface area contributed by atoms with Crippen molar-refractivity contribution in [3.05, 3.63) is 48.3 Å². The van der Waals surface area contributed by atoms with Gasteiger partial charge in [0.2, 0.25) is 0 Å². The lowest BCUT2D eigenvalue weighted by atomic mass is 9.98. The summed E-state index contributed by atoms with van der Waals surface area (Å²) < 4.78 is 17.5. The van der Waals surface area contributed by atoms with E-state index in [1.165, 1.54) is 0 Å². The Labute approximate surface area is 158 Å². The molecule has 2 bridgehead atoms. The fourth-order valence-electron chi connectivity index (χ4n) is 4.55. The number of fused-ring (bicyclic) bond motifs is 3. The number of carbonyl (C=O) groups is 1. The van der Waals surface area contributed by atoms with Crippen LogP contribution < -0.4 is 14.2 Å². The molecule has 2 aromatic rings. The molecule has 140 valence electrons. The fourth-order valence-corrected chi connectivity index (χ4v) is 4.55. The SMILES string of the molecule is O=C(c1cccc2c1OCCO2)N1C2CCC1CC(Oc1ccncc1)C2. The summed E-state index contributed by atoms with van der Waals surface area (Å²) in [5, 5.41) is 0. The molecule has 2 fully saturated rings. The van der Waals surface area contributed by atoms with E-state index in [0.29, 0.717) is 30.3 Å². The number of hydrogen-bond donors (Lipinski definition) is 0. The summed E-state index contributed by atoms with van der Waals surface area (Å²) in [5.41, 5.74) is 0.609. The molecule has 4 heterocycles. The molecule has 0 spiro atoms. The summed E-state index contributed by atoms with van der Waals surface area (Å²) >= 11 is 0. The van der Waals surface area contributed by atoms with Crippen molar-refractivity contribution in [1.29, 1.82) is 0 Å². The highest BCUT2D eigenvalue weighted by Gasteiger charge is 2.45. The molecule has 6 nitrogen and oxygen atoms in total. The summed E-state index contributed by atoms with van der Waals surface area (Å²) in [6, 6.07) is 9.75. The first-order valence-corrected chi connectivity index (χ1v) is 9.57. The van der Waals surface area contributed by atoms with Crippen molar-refractivity contribution in [3.8, 4) is 17.2 Å². The molecule has 2 atom stereocenters. The lowest BCUT2D eigenvalue weighted by molar-refractivity contribution is 0.0352. The van der Waals surface area contributed by atoms with Crippen LogP contribution in [0.25, 0.3) is 0 Å². The minimum Gasteiger partial charge on any atom is -0.490 e. The third kappa shape index (κ3) is 2.99. The van der Waals surface area contributed by atoms with E-state index in [1.807, 2.05) is 30.3 Å². The van der Waals surface area contributed by atoms with Crippen LogP contribution in [0.15, 0.2) is 42.7 Å². The van der Waals surface area contributed by atoms with E-state index in [4.69, 9.17) is 14.2 Å². The van der Waals surface area contributed by atoms with Crippen LogP contribution in [-0.4, -0.2) is 47.2 Å².